The first-order chi connectivity index (χ1) is 10.0. The fourth-order valence-corrected chi connectivity index (χ4v) is 2.78. The number of carbonyl (C=O) groups excluding carboxylic acids is 1. The number of nitrogens with one attached hydrogen (secondary N) is 1. The van der Waals surface area contributed by atoms with Crippen molar-refractivity contribution in [3.8, 4) is 0 Å². The van der Waals surface area contributed by atoms with Crippen LogP contribution >= 0.6 is 0 Å². The molecule has 118 valence electrons. The topological polar surface area (TPSA) is 59.4 Å². The Kier molecular flexibility index (Phi) is 5.36. The summed E-state index contributed by atoms with van der Waals surface area (Å²) in [7, 11) is 3.66. The molecule has 1 amide bonds. The molecule has 0 unspecified atom stereocenters. The van der Waals surface area contributed by atoms with Crippen LogP contribution < -0.4 is 5.32 Å². The Labute approximate surface area is 126 Å². The molecule has 0 aromatic carbocycles. The van der Waals surface area contributed by atoms with Crippen molar-refractivity contribution in [1.82, 2.24) is 19.8 Å². The lowest BCUT2D eigenvalue weighted by Gasteiger charge is -2.18. The maximum Gasteiger partial charge on any atom is 0.237 e. The van der Waals surface area contributed by atoms with Gasteiger partial charge >= 0.3 is 0 Å². The van der Waals surface area contributed by atoms with Crippen LogP contribution in [0.2, 0.25) is 0 Å². The van der Waals surface area contributed by atoms with Gasteiger partial charge in [0.25, 0.3) is 0 Å². The van der Waals surface area contributed by atoms with Crippen LogP contribution in [0.15, 0.2) is 12.4 Å². The summed E-state index contributed by atoms with van der Waals surface area (Å²) in [6.45, 7) is 6.53. The predicted molar refractivity (Wildman–Crippen MR) is 80.7 cm³/mol. The smallest absolute Gasteiger partial charge is 0.237 e. The van der Waals surface area contributed by atoms with E-state index in [-0.39, 0.29) is 18.1 Å². The second-order valence-electron chi connectivity index (χ2n) is 6.16. The number of carbonyl (C=O) groups is 1. The molecular weight excluding hydrogens is 268 g/mol. The van der Waals surface area contributed by atoms with Crippen molar-refractivity contribution in [3.05, 3.63) is 18.2 Å². The first-order valence-corrected chi connectivity index (χ1v) is 7.52. The summed E-state index contributed by atoms with van der Waals surface area (Å²) in [4.78, 5) is 18.7. The van der Waals surface area contributed by atoms with E-state index in [4.69, 9.17) is 4.74 Å². The van der Waals surface area contributed by atoms with Crippen molar-refractivity contribution in [2.24, 2.45) is 5.92 Å². The van der Waals surface area contributed by atoms with E-state index in [1.54, 1.807) is 13.3 Å². The van der Waals surface area contributed by atoms with Crippen LogP contribution in [0.4, 0.5) is 0 Å². The molecule has 0 saturated carbocycles. The van der Waals surface area contributed by atoms with Gasteiger partial charge in [-0.05, 0) is 19.4 Å². The van der Waals surface area contributed by atoms with Crippen LogP contribution in [0.1, 0.15) is 26.1 Å². The van der Waals surface area contributed by atoms with Crippen LogP contribution in [-0.4, -0.2) is 53.2 Å². The summed E-state index contributed by atoms with van der Waals surface area (Å²) in [6.07, 6.45) is 4.64. The Bertz CT molecular complexity index is 472. The van der Waals surface area contributed by atoms with E-state index < -0.39 is 0 Å². The second-order valence-corrected chi connectivity index (χ2v) is 6.16. The SMILES string of the molecule is CO[C@H]1C[C@@H](C(=O)NCc2nccn2CC(C)C)N(C)C1. The summed E-state index contributed by atoms with van der Waals surface area (Å²) < 4.78 is 7.44. The van der Waals surface area contributed by atoms with Crippen molar-refractivity contribution >= 4 is 5.91 Å². The largest absolute Gasteiger partial charge is 0.380 e. The highest BCUT2D eigenvalue weighted by Gasteiger charge is 2.34. The van der Waals surface area contributed by atoms with Crippen molar-refractivity contribution in [3.63, 3.8) is 0 Å². The van der Waals surface area contributed by atoms with Gasteiger partial charge in [-0.15, -0.1) is 0 Å². The molecule has 0 radical (unpaired) electrons. The van der Waals surface area contributed by atoms with Crippen LogP contribution in [0.25, 0.3) is 0 Å². The molecule has 1 N–H and O–H groups in total. The fraction of sp³-hybridized carbons (Fsp3) is 0.733. The Morgan fingerprint density at radius 1 is 1.57 bits per heavy atom. The molecule has 1 aromatic rings. The highest BCUT2D eigenvalue weighted by atomic mass is 16.5. The van der Waals surface area contributed by atoms with E-state index in [1.165, 1.54) is 0 Å². The molecule has 0 bridgehead atoms. The monoisotopic (exact) mass is 294 g/mol. The van der Waals surface area contributed by atoms with E-state index in [0.717, 1.165) is 25.3 Å². The van der Waals surface area contributed by atoms with Crippen molar-refractivity contribution in [2.75, 3.05) is 20.7 Å². The lowest BCUT2D eigenvalue weighted by molar-refractivity contribution is -0.125. The molecule has 2 rings (SSSR count). The van der Waals surface area contributed by atoms with Crippen molar-refractivity contribution < 1.29 is 9.53 Å². The van der Waals surface area contributed by atoms with Gasteiger partial charge in [-0.2, -0.15) is 0 Å². The Balaban J connectivity index is 1.88. The number of amides is 1. The number of nitrogens with zero attached hydrogens (tertiary/aromatic N) is 3. The molecule has 6 heteroatoms. The van der Waals surface area contributed by atoms with E-state index in [2.05, 4.69) is 28.7 Å². The lowest BCUT2D eigenvalue weighted by atomic mass is 10.2. The van der Waals surface area contributed by atoms with Gasteiger partial charge in [-0.25, -0.2) is 4.98 Å². The van der Waals surface area contributed by atoms with Gasteiger partial charge in [0.05, 0.1) is 18.7 Å². The van der Waals surface area contributed by atoms with Gasteiger partial charge < -0.3 is 14.6 Å². The van der Waals surface area contributed by atoms with E-state index >= 15 is 0 Å². The molecule has 0 spiro atoms. The van der Waals surface area contributed by atoms with Crippen LogP contribution in [0.5, 0.6) is 0 Å². The minimum absolute atomic E-state index is 0.0520. The first-order valence-electron chi connectivity index (χ1n) is 7.52. The number of likely N-dealkylation sites (tertiary alicyclic amines) is 1. The summed E-state index contributed by atoms with van der Waals surface area (Å²) in [6, 6.07) is -0.108. The van der Waals surface area contributed by atoms with Crippen LogP contribution in [-0.2, 0) is 22.6 Å². The van der Waals surface area contributed by atoms with Gasteiger partial charge in [0.2, 0.25) is 5.91 Å². The molecule has 6 nitrogen and oxygen atoms in total. The maximum absolute atomic E-state index is 12.3. The Morgan fingerprint density at radius 3 is 2.95 bits per heavy atom. The zero-order chi connectivity index (χ0) is 15.4. The first kappa shape index (κ1) is 16.0. The highest BCUT2D eigenvalue weighted by Crippen LogP contribution is 2.18. The van der Waals surface area contributed by atoms with Crippen LogP contribution in [0.3, 0.4) is 0 Å². The average molecular weight is 294 g/mol. The maximum atomic E-state index is 12.3. The van der Waals surface area contributed by atoms with E-state index in [0.29, 0.717) is 12.5 Å². The molecule has 0 aliphatic carbocycles. The third-order valence-corrected chi connectivity index (χ3v) is 3.93. The zero-order valence-corrected chi connectivity index (χ0v) is 13.4. The van der Waals surface area contributed by atoms with E-state index in [9.17, 15) is 4.79 Å². The quantitative estimate of drug-likeness (QED) is 0.846. The number of hydrogen-bond donors (Lipinski definition) is 1. The molecule has 1 saturated heterocycles. The van der Waals surface area contributed by atoms with Gasteiger partial charge in [-0.3, -0.25) is 9.69 Å². The Hall–Kier alpha value is -1.40. The average Bonchev–Trinajstić information content (AvgIpc) is 3.02. The summed E-state index contributed by atoms with van der Waals surface area (Å²) in [5, 5.41) is 3.00. The minimum atomic E-state index is -0.108. The predicted octanol–water partition coefficient (Wildman–Crippen LogP) is 0.874. The highest BCUT2D eigenvalue weighted by molar-refractivity contribution is 5.82. The molecular formula is C15H26N4O2. The molecule has 2 atom stereocenters. The third-order valence-electron chi connectivity index (χ3n) is 3.93. The van der Waals surface area contributed by atoms with E-state index in [1.807, 2.05) is 18.1 Å². The molecule has 21 heavy (non-hydrogen) atoms. The summed E-state index contributed by atoms with van der Waals surface area (Å²) in [5.41, 5.74) is 0. The number of rotatable bonds is 6. The van der Waals surface area contributed by atoms with Gasteiger partial charge in [0.1, 0.15) is 5.82 Å². The number of ether oxygens (including phenoxy) is 1. The molecule has 2 heterocycles. The number of methoxy groups -OCH3 is 1. The minimum Gasteiger partial charge on any atom is -0.380 e. The zero-order valence-electron chi connectivity index (χ0n) is 13.4. The second kappa shape index (κ2) is 7.04. The lowest BCUT2D eigenvalue weighted by Crippen LogP contribution is -2.41. The number of imidazole rings is 1. The van der Waals surface area contributed by atoms with Gasteiger partial charge in [0.15, 0.2) is 0 Å². The van der Waals surface area contributed by atoms with Gasteiger partial charge in [-0.1, -0.05) is 13.8 Å². The normalized spacial score (nSPS) is 22.9. The standard InChI is InChI=1S/C15H26N4O2/c1-11(2)9-19-6-5-16-14(19)8-17-15(20)13-7-12(21-4)10-18(13)3/h5-6,11-13H,7-10H2,1-4H3,(H,17,20)/t12-,13-/m0/s1. The Morgan fingerprint density at radius 2 is 2.33 bits per heavy atom. The number of hydrogen-bond acceptors (Lipinski definition) is 4. The number of likely N-dealkylation sites (N-methyl/N-ethyl adjacent to an activating group) is 1. The summed E-state index contributed by atoms with van der Waals surface area (Å²) >= 11 is 0. The van der Waals surface area contributed by atoms with Gasteiger partial charge in [0, 0.05) is 32.6 Å². The molecule has 1 fully saturated rings. The van der Waals surface area contributed by atoms with Crippen molar-refractivity contribution in [2.45, 2.75) is 45.5 Å². The molecule has 1 aliphatic rings. The molecule has 1 aromatic heterocycles. The van der Waals surface area contributed by atoms with Crippen molar-refractivity contribution in [1.29, 1.82) is 0 Å². The van der Waals surface area contributed by atoms with Crippen LogP contribution in [0, 0.1) is 5.92 Å². The fourth-order valence-electron chi connectivity index (χ4n) is 2.78. The molecule has 1 aliphatic heterocycles. The number of aromatic nitrogens is 2. The summed E-state index contributed by atoms with van der Waals surface area (Å²) in [5.74, 6) is 1.51. The third kappa shape index (κ3) is 4.04.